The highest BCUT2D eigenvalue weighted by molar-refractivity contribution is 5.76. The molecular weight excluding hydrogens is 224 g/mol. The van der Waals surface area contributed by atoms with E-state index in [0.717, 1.165) is 0 Å². The third-order valence-corrected chi connectivity index (χ3v) is 2.85. The number of nitrogens with one attached hydrogen (secondary N) is 1. The maximum atomic E-state index is 11.8. The van der Waals surface area contributed by atoms with Gasteiger partial charge in [0.1, 0.15) is 0 Å². The number of rotatable bonds is 3. The number of carbonyl (C=O) groups is 2. The largest absolute Gasteiger partial charge is 0.481 e. The predicted molar refractivity (Wildman–Crippen MR) is 61.8 cm³/mol. The van der Waals surface area contributed by atoms with Gasteiger partial charge in [0.15, 0.2) is 0 Å². The van der Waals surface area contributed by atoms with Crippen LogP contribution in [0.2, 0.25) is 0 Å². The summed E-state index contributed by atoms with van der Waals surface area (Å²) in [6.45, 7) is 6.58. The third-order valence-electron chi connectivity index (χ3n) is 2.85. The van der Waals surface area contributed by atoms with Gasteiger partial charge < -0.3 is 20.1 Å². The molecule has 1 aliphatic rings. The number of urea groups is 1. The molecular formula is C11H20N2O4. The van der Waals surface area contributed by atoms with Gasteiger partial charge in [0.25, 0.3) is 0 Å². The smallest absolute Gasteiger partial charge is 0.317 e. The molecule has 6 nitrogen and oxygen atoms in total. The molecule has 0 saturated carbocycles. The van der Waals surface area contributed by atoms with Crippen molar-refractivity contribution < 1.29 is 19.4 Å². The second-order valence-electron chi connectivity index (χ2n) is 4.57. The average Bonchev–Trinajstić information content (AvgIpc) is 2.28. The lowest BCUT2D eigenvalue weighted by atomic mass is 10.2. The summed E-state index contributed by atoms with van der Waals surface area (Å²) in [4.78, 5) is 24.2. The van der Waals surface area contributed by atoms with Crippen molar-refractivity contribution in [3.05, 3.63) is 0 Å². The normalized spacial score (nSPS) is 26.4. The van der Waals surface area contributed by atoms with Gasteiger partial charge >= 0.3 is 12.0 Å². The lowest BCUT2D eigenvalue weighted by Gasteiger charge is -2.36. The third kappa shape index (κ3) is 3.89. The van der Waals surface area contributed by atoms with Gasteiger partial charge in [0.05, 0.1) is 24.7 Å². The molecule has 2 amide bonds. The number of aliphatic carboxylic acids is 1. The number of nitrogens with zero attached hydrogens (tertiary/aromatic N) is 1. The van der Waals surface area contributed by atoms with Crippen LogP contribution in [0, 0.1) is 5.92 Å². The predicted octanol–water partition coefficient (Wildman–Crippen LogP) is 0.526. The molecule has 3 unspecified atom stereocenters. The minimum Gasteiger partial charge on any atom is -0.481 e. The van der Waals surface area contributed by atoms with Crippen molar-refractivity contribution >= 4 is 12.0 Å². The van der Waals surface area contributed by atoms with E-state index in [1.54, 1.807) is 11.8 Å². The first-order valence-electron chi connectivity index (χ1n) is 5.80. The highest BCUT2D eigenvalue weighted by atomic mass is 16.5. The molecule has 0 aliphatic carbocycles. The maximum Gasteiger partial charge on any atom is 0.317 e. The van der Waals surface area contributed by atoms with Crippen LogP contribution in [-0.2, 0) is 9.53 Å². The van der Waals surface area contributed by atoms with Crippen LogP contribution in [-0.4, -0.2) is 53.8 Å². The van der Waals surface area contributed by atoms with E-state index in [-0.39, 0.29) is 24.7 Å². The zero-order chi connectivity index (χ0) is 13.0. The van der Waals surface area contributed by atoms with Crippen LogP contribution in [0.15, 0.2) is 0 Å². The molecule has 1 saturated heterocycles. The number of carboxylic acid groups (broad SMARTS) is 1. The molecule has 0 spiro atoms. The Balaban J connectivity index is 2.43. The van der Waals surface area contributed by atoms with Gasteiger partial charge in [-0.3, -0.25) is 4.79 Å². The van der Waals surface area contributed by atoms with E-state index in [1.807, 2.05) is 13.8 Å². The summed E-state index contributed by atoms with van der Waals surface area (Å²) < 4.78 is 5.42. The number of ether oxygens (including phenoxy) is 1. The van der Waals surface area contributed by atoms with Crippen LogP contribution in [0.3, 0.4) is 0 Å². The summed E-state index contributed by atoms with van der Waals surface area (Å²) in [5.41, 5.74) is 0. The molecule has 98 valence electrons. The summed E-state index contributed by atoms with van der Waals surface area (Å²) >= 11 is 0. The van der Waals surface area contributed by atoms with Crippen LogP contribution in [0.5, 0.6) is 0 Å². The number of carboxylic acids is 1. The van der Waals surface area contributed by atoms with E-state index in [0.29, 0.717) is 13.2 Å². The number of hydrogen-bond acceptors (Lipinski definition) is 3. The Morgan fingerprint density at radius 2 is 2.18 bits per heavy atom. The second kappa shape index (κ2) is 5.86. The molecule has 0 radical (unpaired) electrons. The van der Waals surface area contributed by atoms with E-state index < -0.39 is 11.9 Å². The average molecular weight is 244 g/mol. The number of morpholine rings is 1. The van der Waals surface area contributed by atoms with Crippen LogP contribution in [0.25, 0.3) is 0 Å². The highest BCUT2D eigenvalue weighted by Crippen LogP contribution is 2.11. The topological polar surface area (TPSA) is 78.9 Å². The summed E-state index contributed by atoms with van der Waals surface area (Å²) in [6, 6.07) is -0.202. The van der Waals surface area contributed by atoms with E-state index in [4.69, 9.17) is 9.84 Å². The van der Waals surface area contributed by atoms with Crippen LogP contribution < -0.4 is 5.32 Å². The molecule has 1 aliphatic heterocycles. The van der Waals surface area contributed by atoms with Gasteiger partial charge in [-0.1, -0.05) is 6.92 Å². The summed E-state index contributed by atoms with van der Waals surface area (Å²) in [5, 5.41) is 11.3. The van der Waals surface area contributed by atoms with Crippen molar-refractivity contribution in [3.63, 3.8) is 0 Å². The Morgan fingerprint density at radius 3 is 2.76 bits per heavy atom. The Hall–Kier alpha value is -1.30. The fraction of sp³-hybridized carbons (Fsp3) is 0.818. The quantitative estimate of drug-likeness (QED) is 0.759. The summed E-state index contributed by atoms with van der Waals surface area (Å²) in [7, 11) is 0. The van der Waals surface area contributed by atoms with Crippen molar-refractivity contribution in [3.8, 4) is 0 Å². The standard InChI is InChI=1S/C11H20N2O4/c1-7(10(14)15)4-12-11(16)13-5-9(3)17-6-8(13)2/h7-9H,4-6H2,1-3H3,(H,12,16)(H,14,15). The minimum atomic E-state index is -0.909. The fourth-order valence-electron chi connectivity index (χ4n) is 1.62. The molecule has 3 atom stereocenters. The van der Waals surface area contributed by atoms with Gasteiger partial charge in [-0.15, -0.1) is 0 Å². The Bertz CT molecular complexity index is 295. The number of amides is 2. The van der Waals surface area contributed by atoms with Crippen molar-refractivity contribution in [1.82, 2.24) is 10.2 Å². The van der Waals surface area contributed by atoms with Gasteiger partial charge in [-0.25, -0.2) is 4.79 Å². The van der Waals surface area contributed by atoms with Crippen LogP contribution >= 0.6 is 0 Å². The van der Waals surface area contributed by atoms with E-state index in [1.165, 1.54) is 0 Å². The first kappa shape index (κ1) is 13.8. The second-order valence-corrected chi connectivity index (χ2v) is 4.57. The van der Waals surface area contributed by atoms with Gasteiger partial charge in [0, 0.05) is 13.1 Å². The molecule has 2 N–H and O–H groups in total. The van der Waals surface area contributed by atoms with Crippen molar-refractivity contribution in [2.75, 3.05) is 19.7 Å². The molecule has 6 heteroatoms. The van der Waals surface area contributed by atoms with E-state index in [9.17, 15) is 9.59 Å². The Kier molecular flexibility index (Phi) is 4.74. The first-order chi connectivity index (χ1) is 7.91. The zero-order valence-corrected chi connectivity index (χ0v) is 10.5. The molecule has 1 heterocycles. The zero-order valence-electron chi connectivity index (χ0n) is 10.5. The van der Waals surface area contributed by atoms with Crippen molar-refractivity contribution in [2.45, 2.75) is 32.9 Å². The van der Waals surface area contributed by atoms with E-state index >= 15 is 0 Å². The molecule has 1 rings (SSSR count). The van der Waals surface area contributed by atoms with E-state index in [2.05, 4.69) is 5.32 Å². The van der Waals surface area contributed by atoms with Crippen LogP contribution in [0.1, 0.15) is 20.8 Å². The molecule has 0 aromatic carbocycles. The Labute approximate surface area is 101 Å². The van der Waals surface area contributed by atoms with Gasteiger partial charge in [-0.05, 0) is 13.8 Å². The molecule has 1 fully saturated rings. The molecule has 0 bridgehead atoms. The SMILES string of the molecule is CC1CN(C(=O)NCC(C)C(=O)O)C(C)CO1. The Morgan fingerprint density at radius 1 is 1.53 bits per heavy atom. The number of hydrogen-bond donors (Lipinski definition) is 2. The fourth-order valence-corrected chi connectivity index (χ4v) is 1.62. The first-order valence-corrected chi connectivity index (χ1v) is 5.80. The lowest BCUT2D eigenvalue weighted by Crippen LogP contribution is -2.54. The highest BCUT2D eigenvalue weighted by Gasteiger charge is 2.27. The summed E-state index contributed by atoms with van der Waals surface area (Å²) in [5.74, 6) is -1.48. The molecule has 0 aromatic rings. The minimum absolute atomic E-state index is 0.0198. The molecule has 17 heavy (non-hydrogen) atoms. The van der Waals surface area contributed by atoms with Crippen molar-refractivity contribution in [1.29, 1.82) is 0 Å². The number of carbonyl (C=O) groups excluding carboxylic acids is 1. The maximum absolute atomic E-state index is 11.8. The van der Waals surface area contributed by atoms with Gasteiger partial charge in [-0.2, -0.15) is 0 Å². The summed E-state index contributed by atoms with van der Waals surface area (Å²) in [6.07, 6.45) is 0.0221. The van der Waals surface area contributed by atoms with Gasteiger partial charge in [0.2, 0.25) is 0 Å². The monoisotopic (exact) mass is 244 g/mol. The lowest BCUT2D eigenvalue weighted by molar-refractivity contribution is -0.140. The molecule has 0 aromatic heterocycles. The van der Waals surface area contributed by atoms with Crippen molar-refractivity contribution in [2.24, 2.45) is 5.92 Å². The van der Waals surface area contributed by atoms with Crippen LogP contribution in [0.4, 0.5) is 4.79 Å².